The van der Waals surface area contributed by atoms with E-state index in [1.54, 1.807) is 0 Å². The number of aryl methyl sites for hydroxylation is 1. The van der Waals surface area contributed by atoms with Crippen LogP contribution in [0.25, 0.3) is 0 Å². The molecule has 1 aliphatic carbocycles. The molecule has 0 saturated heterocycles. The third kappa shape index (κ3) is 2.60. The SMILES string of the molecule is CCSc1ccc(C(O)C2CCc3cccnc32)cc1. The highest BCUT2D eigenvalue weighted by molar-refractivity contribution is 7.99. The quantitative estimate of drug-likeness (QED) is 0.863. The Balaban J connectivity index is 1.81. The van der Waals surface area contributed by atoms with Crippen LogP contribution in [0.15, 0.2) is 47.5 Å². The Morgan fingerprint density at radius 2 is 2.10 bits per heavy atom. The molecule has 1 heterocycles. The fourth-order valence-corrected chi connectivity index (χ4v) is 3.57. The molecule has 2 aromatic rings. The second-order valence-corrected chi connectivity index (χ2v) is 6.48. The monoisotopic (exact) mass is 285 g/mol. The molecule has 0 amide bonds. The number of fused-ring (bicyclic) bond motifs is 1. The summed E-state index contributed by atoms with van der Waals surface area (Å²) in [6, 6.07) is 12.4. The molecular weight excluding hydrogens is 266 g/mol. The smallest absolute Gasteiger partial charge is 0.0873 e. The zero-order valence-electron chi connectivity index (χ0n) is 11.6. The number of hydrogen-bond acceptors (Lipinski definition) is 3. The van der Waals surface area contributed by atoms with E-state index in [1.807, 2.05) is 36.2 Å². The number of pyridine rings is 1. The second kappa shape index (κ2) is 5.98. The van der Waals surface area contributed by atoms with Gasteiger partial charge in [-0.3, -0.25) is 4.98 Å². The first-order chi connectivity index (χ1) is 9.79. The lowest BCUT2D eigenvalue weighted by molar-refractivity contribution is 0.143. The highest BCUT2D eigenvalue weighted by atomic mass is 32.2. The number of rotatable bonds is 4. The van der Waals surface area contributed by atoms with Crippen LogP contribution in [0, 0.1) is 0 Å². The minimum atomic E-state index is -0.452. The van der Waals surface area contributed by atoms with Crippen molar-refractivity contribution in [3.05, 3.63) is 59.4 Å². The van der Waals surface area contributed by atoms with Crippen molar-refractivity contribution in [1.29, 1.82) is 0 Å². The topological polar surface area (TPSA) is 33.1 Å². The molecule has 3 rings (SSSR count). The summed E-state index contributed by atoms with van der Waals surface area (Å²) < 4.78 is 0. The molecule has 1 N–H and O–H groups in total. The summed E-state index contributed by atoms with van der Waals surface area (Å²) in [4.78, 5) is 5.73. The van der Waals surface area contributed by atoms with Gasteiger partial charge >= 0.3 is 0 Å². The molecule has 0 saturated carbocycles. The van der Waals surface area contributed by atoms with Crippen LogP contribution in [-0.2, 0) is 6.42 Å². The summed E-state index contributed by atoms with van der Waals surface area (Å²) in [5.41, 5.74) is 3.36. The van der Waals surface area contributed by atoms with Gasteiger partial charge in [-0.15, -0.1) is 11.8 Å². The van der Waals surface area contributed by atoms with Crippen LogP contribution in [0.5, 0.6) is 0 Å². The maximum Gasteiger partial charge on any atom is 0.0873 e. The van der Waals surface area contributed by atoms with E-state index in [9.17, 15) is 5.11 Å². The van der Waals surface area contributed by atoms with Gasteiger partial charge in [0.1, 0.15) is 0 Å². The first-order valence-electron chi connectivity index (χ1n) is 7.14. The van der Waals surface area contributed by atoms with Gasteiger partial charge < -0.3 is 5.11 Å². The summed E-state index contributed by atoms with van der Waals surface area (Å²) >= 11 is 1.82. The number of benzene rings is 1. The van der Waals surface area contributed by atoms with E-state index in [0.717, 1.165) is 29.9 Å². The molecule has 0 radical (unpaired) electrons. The molecule has 0 spiro atoms. The van der Waals surface area contributed by atoms with E-state index >= 15 is 0 Å². The van der Waals surface area contributed by atoms with Gasteiger partial charge in [0.25, 0.3) is 0 Å². The van der Waals surface area contributed by atoms with Gasteiger partial charge in [0, 0.05) is 22.7 Å². The van der Waals surface area contributed by atoms with Gasteiger partial charge in [-0.1, -0.05) is 25.1 Å². The molecule has 2 unspecified atom stereocenters. The number of hydrogen-bond donors (Lipinski definition) is 1. The third-order valence-electron chi connectivity index (χ3n) is 3.92. The van der Waals surface area contributed by atoms with E-state index in [2.05, 4.69) is 30.1 Å². The molecule has 1 aliphatic rings. The minimum absolute atomic E-state index is 0.135. The van der Waals surface area contributed by atoms with E-state index in [-0.39, 0.29) is 5.92 Å². The van der Waals surface area contributed by atoms with Crippen molar-refractivity contribution in [2.24, 2.45) is 0 Å². The van der Waals surface area contributed by atoms with Gasteiger partial charge in [0.05, 0.1) is 6.10 Å². The van der Waals surface area contributed by atoms with E-state index in [0.29, 0.717) is 0 Å². The molecule has 0 fully saturated rings. The van der Waals surface area contributed by atoms with Gasteiger partial charge in [0.2, 0.25) is 0 Å². The molecule has 1 aromatic carbocycles. The second-order valence-electron chi connectivity index (χ2n) is 5.14. The Labute approximate surface area is 124 Å². The summed E-state index contributed by atoms with van der Waals surface area (Å²) in [5, 5.41) is 10.6. The number of aromatic nitrogens is 1. The zero-order chi connectivity index (χ0) is 13.9. The van der Waals surface area contributed by atoms with Gasteiger partial charge in [-0.25, -0.2) is 0 Å². The predicted molar refractivity (Wildman–Crippen MR) is 83.1 cm³/mol. The largest absolute Gasteiger partial charge is 0.388 e. The highest BCUT2D eigenvalue weighted by Gasteiger charge is 2.30. The molecule has 1 aromatic heterocycles. The van der Waals surface area contributed by atoms with Crippen molar-refractivity contribution in [3.63, 3.8) is 0 Å². The lowest BCUT2D eigenvalue weighted by Gasteiger charge is -2.19. The van der Waals surface area contributed by atoms with Crippen LogP contribution in [0.1, 0.15) is 42.2 Å². The first kappa shape index (κ1) is 13.7. The molecule has 2 nitrogen and oxygen atoms in total. The van der Waals surface area contributed by atoms with Crippen LogP contribution < -0.4 is 0 Å². The average Bonchev–Trinajstić information content (AvgIpc) is 2.92. The standard InChI is InChI=1S/C17H19NOS/c1-2-20-14-8-5-13(6-9-14)17(19)15-10-7-12-4-3-11-18-16(12)15/h3-6,8-9,11,15,17,19H,2,7,10H2,1H3. The number of nitrogens with zero attached hydrogens (tertiary/aromatic N) is 1. The maximum atomic E-state index is 10.6. The van der Waals surface area contributed by atoms with Crippen molar-refractivity contribution in [3.8, 4) is 0 Å². The van der Waals surface area contributed by atoms with Crippen LogP contribution in [0.3, 0.4) is 0 Å². The Morgan fingerprint density at radius 1 is 1.30 bits per heavy atom. The van der Waals surface area contributed by atoms with Crippen molar-refractivity contribution in [2.75, 3.05) is 5.75 Å². The predicted octanol–water partition coefficient (Wildman–Crippen LogP) is 3.96. The highest BCUT2D eigenvalue weighted by Crippen LogP contribution is 2.40. The fraction of sp³-hybridized carbons (Fsp3) is 0.353. The fourth-order valence-electron chi connectivity index (χ4n) is 2.91. The van der Waals surface area contributed by atoms with Gasteiger partial charge in [-0.05, 0) is 47.9 Å². The number of aliphatic hydroxyl groups excluding tert-OH is 1. The van der Waals surface area contributed by atoms with Crippen LogP contribution in [0.2, 0.25) is 0 Å². The van der Waals surface area contributed by atoms with Crippen LogP contribution >= 0.6 is 11.8 Å². The Hall–Kier alpha value is -1.32. The van der Waals surface area contributed by atoms with E-state index in [4.69, 9.17) is 0 Å². The minimum Gasteiger partial charge on any atom is -0.388 e. The van der Waals surface area contributed by atoms with Crippen LogP contribution in [-0.4, -0.2) is 15.8 Å². The Bertz CT molecular complexity index is 582. The Morgan fingerprint density at radius 3 is 2.85 bits per heavy atom. The van der Waals surface area contributed by atoms with Crippen molar-refractivity contribution < 1.29 is 5.11 Å². The van der Waals surface area contributed by atoms with E-state index in [1.165, 1.54) is 10.5 Å². The van der Waals surface area contributed by atoms with E-state index < -0.39 is 6.10 Å². The van der Waals surface area contributed by atoms with Gasteiger partial charge in [0.15, 0.2) is 0 Å². The normalized spacial score (nSPS) is 18.8. The molecular formula is C17H19NOS. The molecule has 0 aliphatic heterocycles. The molecule has 104 valence electrons. The van der Waals surface area contributed by atoms with Crippen molar-refractivity contribution >= 4 is 11.8 Å². The molecule has 3 heteroatoms. The van der Waals surface area contributed by atoms with Crippen molar-refractivity contribution in [2.45, 2.75) is 36.7 Å². The summed E-state index contributed by atoms with van der Waals surface area (Å²) in [7, 11) is 0. The summed E-state index contributed by atoms with van der Waals surface area (Å²) in [6.45, 7) is 2.15. The third-order valence-corrected chi connectivity index (χ3v) is 4.81. The number of aliphatic hydroxyl groups is 1. The Kier molecular flexibility index (Phi) is 4.08. The summed E-state index contributed by atoms with van der Waals surface area (Å²) in [6.07, 6.45) is 3.38. The van der Waals surface area contributed by atoms with Crippen LogP contribution in [0.4, 0.5) is 0 Å². The first-order valence-corrected chi connectivity index (χ1v) is 8.12. The maximum absolute atomic E-state index is 10.6. The molecule has 20 heavy (non-hydrogen) atoms. The zero-order valence-corrected chi connectivity index (χ0v) is 12.4. The van der Waals surface area contributed by atoms with Crippen molar-refractivity contribution in [1.82, 2.24) is 4.98 Å². The summed E-state index contributed by atoms with van der Waals surface area (Å²) in [5.74, 6) is 1.21. The lowest BCUT2D eigenvalue weighted by Crippen LogP contribution is -2.09. The number of thioether (sulfide) groups is 1. The molecule has 2 atom stereocenters. The average molecular weight is 285 g/mol. The van der Waals surface area contributed by atoms with Gasteiger partial charge in [-0.2, -0.15) is 0 Å². The lowest BCUT2D eigenvalue weighted by atomic mass is 9.93. The molecule has 0 bridgehead atoms.